The van der Waals surface area contributed by atoms with Crippen molar-refractivity contribution in [2.75, 3.05) is 5.32 Å². The highest BCUT2D eigenvalue weighted by atomic mass is 35.5. The molecule has 1 aliphatic rings. The van der Waals surface area contributed by atoms with Crippen LogP contribution in [0.2, 0.25) is 5.28 Å². The number of nitrogens with zero attached hydrogens (tertiary/aromatic N) is 2. The molecule has 1 aliphatic carbocycles. The summed E-state index contributed by atoms with van der Waals surface area (Å²) in [5.41, 5.74) is 6.84. The van der Waals surface area contributed by atoms with E-state index in [0.29, 0.717) is 12.2 Å². The van der Waals surface area contributed by atoms with E-state index in [1.165, 1.54) is 0 Å². The van der Waals surface area contributed by atoms with Gasteiger partial charge in [-0.3, -0.25) is 0 Å². The fraction of sp³-hybridized carbons (Fsp3) is 0.353. The number of nitrogens with two attached hydrogens (primary N) is 1. The van der Waals surface area contributed by atoms with Gasteiger partial charge in [-0.25, -0.2) is 14.8 Å². The van der Waals surface area contributed by atoms with Crippen molar-refractivity contribution in [1.82, 2.24) is 9.97 Å². The van der Waals surface area contributed by atoms with Gasteiger partial charge in [0.25, 0.3) is 0 Å². The van der Waals surface area contributed by atoms with Crippen LogP contribution in [0.25, 0.3) is 11.3 Å². The van der Waals surface area contributed by atoms with Crippen molar-refractivity contribution in [2.24, 2.45) is 5.73 Å². The number of hydrogen-bond donors (Lipinski definition) is 2. The molecule has 0 radical (unpaired) electrons. The van der Waals surface area contributed by atoms with Gasteiger partial charge in [0.2, 0.25) is 5.28 Å². The van der Waals surface area contributed by atoms with Crippen LogP contribution in [-0.4, -0.2) is 28.2 Å². The zero-order chi connectivity index (χ0) is 16.9. The Hall–Kier alpha value is -2.34. The molecule has 0 aliphatic heterocycles. The van der Waals surface area contributed by atoms with Crippen LogP contribution in [0.3, 0.4) is 0 Å². The highest BCUT2D eigenvalue weighted by molar-refractivity contribution is 6.28. The Bertz CT molecular complexity index is 711. The molecular weight excluding hydrogens is 328 g/mol. The van der Waals surface area contributed by atoms with E-state index in [0.717, 1.165) is 30.5 Å². The van der Waals surface area contributed by atoms with Crippen LogP contribution < -0.4 is 11.1 Å². The second-order valence-corrected chi connectivity index (χ2v) is 6.18. The third-order valence-electron chi connectivity index (χ3n) is 4.03. The second kappa shape index (κ2) is 7.49. The first kappa shape index (κ1) is 16.5. The number of carbonyl (C=O) groups is 1. The molecule has 126 valence electrons. The van der Waals surface area contributed by atoms with Crippen LogP contribution >= 0.6 is 11.6 Å². The second-order valence-electron chi connectivity index (χ2n) is 5.84. The minimum absolute atomic E-state index is 0.151. The van der Waals surface area contributed by atoms with Crippen molar-refractivity contribution in [3.63, 3.8) is 0 Å². The molecule has 6 nitrogen and oxygen atoms in total. The van der Waals surface area contributed by atoms with Crippen molar-refractivity contribution in [2.45, 2.75) is 37.8 Å². The number of anilines is 1. The number of amides is 1. The molecule has 0 saturated heterocycles. The molecule has 7 heteroatoms. The number of aromatic nitrogens is 2. The van der Waals surface area contributed by atoms with Gasteiger partial charge in [-0.2, -0.15) is 0 Å². The fourth-order valence-electron chi connectivity index (χ4n) is 3.01. The molecule has 1 saturated carbocycles. The summed E-state index contributed by atoms with van der Waals surface area (Å²) < 4.78 is 5.12. The number of benzene rings is 1. The zero-order valence-corrected chi connectivity index (χ0v) is 13.9. The largest absolute Gasteiger partial charge is 0.446 e. The molecule has 0 spiro atoms. The Balaban J connectivity index is 1.73. The monoisotopic (exact) mass is 346 g/mol. The van der Waals surface area contributed by atoms with Gasteiger partial charge in [-0.15, -0.1) is 0 Å². The number of carbonyl (C=O) groups excluding carboxylic acids is 1. The highest BCUT2D eigenvalue weighted by Crippen LogP contribution is 2.26. The van der Waals surface area contributed by atoms with E-state index >= 15 is 0 Å². The van der Waals surface area contributed by atoms with Crippen LogP contribution in [0.4, 0.5) is 10.6 Å². The minimum Gasteiger partial charge on any atom is -0.446 e. The summed E-state index contributed by atoms with van der Waals surface area (Å²) in [4.78, 5) is 19.5. The summed E-state index contributed by atoms with van der Waals surface area (Å²) in [6, 6.07) is 11.8. The molecule has 1 amide bonds. The van der Waals surface area contributed by atoms with Crippen molar-refractivity contribution < 1.29 is 9.53 Å². The van der Waals surface area contributed by atoms with E-state index in [4.69, 9.17) is 22.1 Å². The molecule has 0 bridgehead atoms. The van der Waals surface area contributed by atoms with E-state index < -0.39 is 6.09 Å². The third kappa shape index (κ3) is 4.35. The van der Waals surface area contributed by atoms with Gasteiger partial charge in [-0.1, -0.05) is 30.3 Å². The fourth-order valence-corrected chi connectivity index (χ4v) is 3.19. The highest BCUT2D eigenvalue weighted by Gasteiger charge is 2.24. The molecule has 1 heterocycles. The normalized spacial score (nSPS) is 20.4. The number of nitrogens with one attached hydrogen (secondary N) is 1. The zero-order valence-electron chi connectivity index (χ0n) is 13.1. The van der Waals surface area contributed by atoms with E-state index in [2.05, 4.69) is 15.3 Å². The van der Waals surface area contributed by atoms with Crippen LogP contribution in [-0.2, 0) is 4.74 Å². The van der Waals surface area contributed by atoms with Crippen molar-refractivity contribution in [3.05, 3.63) is 41.7 Å². The molecule has 24 heavy (non-hydrogen) atoms. The first-order valence-electron chi connectivity index (χ1n) is 7.93. The summed E-state index contributed by atoms with van der Waals surface area (Å²) in [6.07, 6.45) is 2.59. The summed E-state index contributed by atoms with van der Waals surface area (Å²) in [7, 11) is 0. The number of rotatable bonds is 4. The first-order chi connectivity index (χ1) is 11.6. The molecule has 1 aromatic heterocycles. The van der Waals surface area contributed by atoms with E-state index in [9.17, 15) is 4.79 Å². The van der Waals surface area contributed by atoms with Crippen LogP contribution in [0.1, 0.15) is 25.7 Å². The van der Waals surface area contributed by atoms with Gasteiger partial charge in [0.1, 0.15) is 11.9 Å². The minimum atomic E-state index is -0.725. The average molecular weight is 347 g/mol. The lowest BCUT2D eigenvalue weighted by atomic mass is 9.93. The molecular formula is C17H19ClN4O2. The van der Waals surface area contributed by atoms with Gasteiger partial charge in [-0.05, 0) is 30.9 Å². The number of hydrogen-bond acceptors (Lipinski definition) is 5. The Morgan fingerprint density at radius 2 is 2.04 bits per heavy atom. The summed E-state index contributed by atoms with van der Waals surface area (Å²) in [5.74, 6) is 0.665. The standard InChI is InChI=1S/C17H19ClN4O2/c18-16-21-14(11-5-2-1-3-6-11)10-15(22-16)20-12-7-4-8-13(9-12)24-17(19)23/h1-3,5-6,10,12-13H,4,7-9H2,(H2,19,23)(H,20,21,22)/t12-,13+/m1/s1. The molecule has 2 aromatic rings. The average Bonchev–Trinajstić information content (AvgIpc) is 2.55. The summed E-state index contributed by atoms with van der Waals surface area (Å²) in [5, 5.41) is 3.56. The third-order valence-corrected chi connectivity index (χ3v) is 4.20. The lowest BCUT2D eigenvalue weighted by molar-refractivity contribution is 0.0796. The Morgan fingerprint density at radius 1 is 1.25 bits per heavy atom. The van der Waals surface area contributed by atoms with Crippen molar-refractivity contribution in [1.29, 1.82) is 0 Å². The molecule has 0 unspecified atom stereocenters. The van der Waals surface area contributed by atoms with Crippen molar-refractivity contribution >= 4 is 23.5 Å². The van der Waals surface area contributed by atoms with E-state index in [1.807, 2.05) is 36.4 Å². The van der Waals surface area contributed by atoms with Gasteiger partial charge >= 0.3 is 6.09 Å². The molecule has 3 N–H and O–H groups in total. The number of halogens is 1. The molecule has 1 aromatic carbocycles. The smallest absolute Gasteiger partial charge is 0.404 e. The maximum atomic E-state index is 10.9. The van der Waals surface area contributed by atoms with Gasteiger partial charge in [0.05, 0.1) is 5.69 Å². The molecule has 1 fully saturated rings. The maximum absolute atomic E-state index is 10.9. The predicted octanol–water partition coefficient (Wildman–Crippen LogP) is 3.62. The first-order valence-corrected chi connectivity index (χ1v) is 8.30. The lowest BCUT2D eigenvalue weighted by Gasteiger charge is -2.29. The van der Waals surface area contributed by atoms with Crippen LogP contribution in [0, 0.1) is 0 Å². The Labute approximate surface area is 145 Å². The van der Waals surface area contributed by atoms with E-state index in [-0.39, 0.29) is 17.4 Å². The Morgan fingerprint density at radius 3 is 2.79 bits per heavy atom. The van der Waals surface area contributed by atoms with Gasteiger partial charge in [0, 0.05) is 24.1 Å². The molecule has 2 atom stereocenters. The predicted molar refractivity (Wildman–Crippen MR) is 92.8 cm³/mol. The summed E-state index contributed by atoms with van der Waals surface area (Å²) >= 11 is 6.07. The topological polar surface area (TPSA) is 90.1 Å². The summed E-state index contributed by atoms with van der Waals surface area (Å²) in [6.45, 7) is 0. The quantitative estimate of drug-likeness (QED) is 0.825. The van der Waals surface area contributed by atoms with Crippen molar-refractivity contribution in [3.8, 4) is 11.3 Å². The van der Waals surface area contributed by atoms with Crippen LogP contribution in [0.5, 0.6) is 0 Å². The number of primary amides is 1. The number of ether oxygens (including phenoxy) is 1. The van der Waals surface area contributed by atoms with Crippen LogP contribution in [0.15, 0.2) is 36.4 Å². The van der Waals surface area contributed by atoms with E-state index in [1.54, 1.807) is 0 Å². The van der Waals surface area contributed by atoms with Gasteiger partial charge < -0.3 is 15.8 Å². The molecule has 3 rings (SSSR count). The lowest BCUT2D eigenvalue weighted by Crippen LogP contribution is -2.34. The van der Waals surface area contributed by atoms with Gasteiger partial charge in [0.15, 0.2) is 0 Å². The maximum Gasteiger partial charge on any atom is 0.404 e. The SMILES string of the molecule is NC(=O)O[C@H]1CCC[C@@H](Nc2cc(-c3ccccc3)nc(Cl)n2)C1. The Kier molecular flexibility index (Phi) is 5.15.